The van der Waals surface area contributed by atoms with Crippen molar-refractivity contribution in [1.29, 1.82) is 0 Å². The summed E-state index contributed by atoms with van der Waals surface area (Å²) in [5.41, 5.74) is 1.27. The Bertz CT molecular complexity index is 937. The summed E-state index contributed by atoms with van der Waals surface area (Å²) in [7, 11) is -3.96. The van der Waals surface area contributed by atoms with Crippen LogP contribution in [-0.4, -0.2) is 30.8 Å². The fourth-order valence-corrected chi connectivity index (χ4v) is 5.39. The van der Waals surface area contributed by atoms with Crippen molar-refractivity contribution in [3.63, 3.8) is 0 Å². The Morgan fingerprint density at radius 3 is 2.46 bits per heavy atom. The standard InChI is InChI=1S/C20H21NO4S/c1-14-10-12-15(13-11-14)26(23,24)21-17-7-3-5-9-19(17)25-18-8-4-2-6-16(18)20(21)22/h2,4,6,8,10-13,17,19H,3,5,7,9H2,1H3/t17-,19-/m1/s1. The van der Waals surface area contributed by atoms with Crippen LogP contribution in [0.15, 0.2) is 53.4 Å². The molecule has 0 N–H and O–H groups in total. The van der Waals surface area contributed by atoms with Crippen LogP contribution in [0.4, 0.5) is 0 Å². The average Bonchev–Trinajstić information content (AvgIpc) is 2.76. The van der Waals surface area contributed by atoms with Crippen molar-refractivity contribution in [3.05, 3.63) is 59.7 Å². The number of hydrogen-bond acceptors (Lipinski definition) is 4. The zero-order valence-electron chi connectivity index (χ0n) is 14.6. The molecule has 0 radical (unpaired) electrons. The predicted molar refractivity (Wildman–Crippen MR) is 97.6 cm³/mol. The number of benzene rings is 2. The molecule has 0 spiro atoms. The van der Waals surface area contributed by atoms with Crippen LogP contribution in [0.2, 0.25) is 0 Å². The van der Waals surface area contributed by atoms with E-state index in [-0.39, 0.29) is 11.0 Å². The van der Waals surface area contributed by atoms with Crippen molar-refractivity contribution in [3.8, 4) is 5.75 Å². The first-order valence-electron chi connectivity index (χ1n) is 8.89. The minimum absolute atomic E-state index is 0.139. The Hall–Kier alpha value is -2.34. The Morgan fingerprint density at radius 1 is 1.00 bits per heavy atom. The van der Waals surface area contributed by atoms with Crippen molar-refractivity contribution in [2.75, 3.05) is 0 Å². The molecule has 1 heterocycles. The predicted octanol–water partition coefficient (Wildman–Crippen LogP) is 3.53. The highest BCUT2D eigenvalue weighted by Gasteiger charge is 2.45. The Labute approximate surface area is 153 Å². The topological polar surface area (TPSA) is 63.7 Å². The second-order valence-corrected chi connectivity index (χ2v) is 8.74. The summed E-state index contributed by atoms with van der Waals surface area (Å²) in [4.78, 5) is 13.4. The SMILES string of the molecule is Cc1ccc(S(=O)(=O)N2C(=O)c3ccccc3O[C@@H]3CCCC[C@H]32)cc1. The molecule has 5 nitrogen and oxygen atoms in total. The number of ether oxygens (including phenoxy) is 1. The van der Waals surface area contributed by atoms with Gasteiger partial charge in [0.15, 0.2) is 0 Å². The van der Waals surface area contributed by atoms with Crippen LogP contribution in [0.25, 0.3) is 0 Å². The number of rotatable bonds is 2. The molecule has 2 aromatic carbocycles. The third-order valence-electron chi connectivity index (χ3n) is 5.14. The van der Waals surface area contributed by atoms with Gasteiger partial charge in [0.05, 0.1) is 16.5 Å². The molecule has 0 unspecified atom stereocenters. The summed E-state index contributed by atoms with van der Waals surface area (Å²) in [6.07, 6.45) is 2.91. The molecule has 26 heavy (non-hydrogen) atoms. The van der Waals surface area contributed by atoms with E-state index < -0.39 is 22.0 Å². The van der Waals surface area contributed by atoms with Crippen molar-refractivity contribution in [2.24, 2.45) is 0 Å². The minimum Gasteiger partial charge on any atom is -0.487 e. The summed E-state index contributed by atoms with van der Waals surface area (Å²) >= 11 is 0. The van der Waals surface area contributed by atoms with E-state index >= 15 is 0 Å². The molecule has 0 saturated heterocycles. The number of amides is 1. The molecule has 1 aliphatic heterocycles. The molecule has 4 rings (SSSR count). The molecular formula is C20H21NO4S. The molecule has 2 aliphatic rings. The van der Waals surface area contributed by atoms with Gasteiger partial charge in [-0.25, -0.2) is 12.7 Å². The first-order valence-corrected chi connectivity index (χ1v) is 10.3. The van der Waals surface area contributed by atoms with Gasteiger partial charge in [0.2, 0.25) is 0 Å². The van der Waals surface area contributed by atoms with Gasteiger partial charge < -0.3 is 4.74 Å². The molecule has 1 fully saturated rings. The van der Waals surface area contributed by atoms with Gasteiger partial charge in [-0.1, -0.05) is 36.2 Å². The van der Waals surface area contributed by atoms with Crippen molar-refractivity contribution in [2.45, 2.75) is 49.6 Å². The summed E-state index contributed by atoms with van der Waals surface area (Å²) in [5, 5.41) is 0. The maximum absolute atomic E-state index is 13.4. The van der Waals surface area contributed by atoms with Gasteiger partial charge >= 0.3 is 0 Å². The molecule has 1 aliphatic carbocycles. The van der Waals surface area contributed by atoms with E-state index in [1.807, 2.05) is 6.92 Å². The molecule has 6 heteroatoms. The van der Waals surface area contributed by atoms with Crippen LogP contribution in [0.1, 0.15) is 41.6 Å². The smallest absolute Gasteiger partial charge is 0.271 e. The van der Waals surface area contributed by atoms with Crippen molar-refractivity contribution < 1.29 is 17.9 Å². The zero-order chi connectivity index (χ0) is 18.3. The summed E-state index contributed by atoms with van der Waals surface area (Å²) < 4.78 is 33.9. The largest absolute Gasteiger partial charge is 0.487 e. The minimum atomic E-state index is -3.96. The quantitative estimate of drug-likeness (QED) is 0.810. The van der Waals surface area contributed by atoms with E-state index in [0.717, 1.165) is 29.1 Å². The van der Waals surface area contributed by atoms with Crippen LogP contribution in [0.5, 0.6) is 5.75 Å². The second-order valence-electron chi connectivity index (χ2n) is 6.92. The number of hydrogen-bond donors (Lipinski definition) is 0. The summed E-state index contributed by atoms with van der Waals surface area (Å²) in [6, 6.07) is 13.0. The van der Waals surface area contributed by atoms with E-state index in [9.17, 15) is 13.2 Å². The number of nitrogens with zero attached hydrogens (tertiary/aromatic N) is 1. The van der Waals surface area contributed by atoms with Crippen LogP contribution >= 0.6 is 0 Å². The van der Waals surface area contributed by atoms with Crippen molar-refractivity contribution in [1.82, 2.24) is 4.31 Å². The lowest BCUT2D eigenvalue weighted by molar-refractivity contribution is 0.0632. The molecule has 2 atom stereocenters. The van der Waals surface area contributed by atoms with Crippen LogP contribution in [0, 0.1) is 6.92 Å². The van der Waals surface area contributed by atoms with Gasteiger partial charge in [-0.15, -0.1) is 0 Å². The van der Waals surface area contributed by atoms with E-state index in [1.165, 1.54) is 0 Å². The monoisotopic (exact) mass is 371 g/mol. The third kappa shape index (κ3) is 2.78. The number of carbonyl (C=O) groups excluding carboxylic acids is 1. The highest BCUT2D eigenvalue weighted by Crippen LogP contribution is 2.37. The molecule has 0 bridgehead atoms. The second kappa shape index (κ2) is 6.43. The Morgan fingerprint density at radius 2 is 1.69 bits per heavy atom. The van der Waals surface area contributed by atoms with Crippen LogP contribution < -0.4 is 4.74 Å². The van der Waals surface area contributed by atoms with Crippen molar-refractivity contribution >= 4 is 15.9 Å². The average molecular weight is 371 g/mol. The number of sulfonamides is 1. The molecule has 136 valence electrons. The first kappa shape index (κ1) is 17.1. The Kier molecular flexibility index (Phi) is 4.23. The fourth-order valence-electron chi connectivity index (χ4n) is 3.77. The maximum atomic E-state index is 13.4. The van der Waals surface area contributed by atoms with E-state index in [4.69, 9.17) is 4.74 Å². The number of carbonyl (C=O) groups is 1. The highest BCUT2D eigenvalue weighted by atomic mass is 32.2. The summed E-state index contributed by atoms with van der Waals surface area (Å²) in [5.74, 6) is -0.0356. The lowest BCUT2D eigenvalue weighted by Gasteiger charge is -2.36. The number of fused-ring (bicyclic) bond motifs is 2. The van der Waals surface area contributed by atoms with Gasteiger partial charge in [0.1, 0.15) is 11.9 Å². The van der Waals surface area contributed by atoms with Gasteiger partial charge in [-0.05, 0) is 50.5 Å². The molecule has 1 amide bonds. The number of para-hydroxylation sites is 1. The lowest BCUT2D eigenvalue weighted by Crippen LogP contribution is -2.51. The molecule has 0 aromatic heterocycles. The van der Waals surface area contributed by atoms with Gasteiger partial charge in [0, 0.05) is 0 Å². The third-order valence-corrected chi connectivity index (χ3v) is 6.97. The lowest BCUT2D eigenvalue weighted by atomic mass is 9.92. The maximum Gasteiger partial charge on any atom is 0.271 e. The molecule has 1 saturated carbocycles. The van der Waals surface area contributed by atoms with E-state index in [2.05, 4.69) is 0 Å². The Balaban J connectivity index is 1.86. The highest BCUT2D eigenvalue weighted by molar-refractivity contribution is 7.89. The van der Waals surface area contributed by atoms with E-state index in [1.54, 1.807) is 48.5 Å². The van der Waals surface area contributed by atoms with Crippen LogP contribution in [-0.2, 0) is 10.0 Å². The summed E-state index contributed by atoms with van der Waals surface area (Å²) in [6.45, 7) is 1.90. The van der Waals surface area contributed by atoms with Crippen LogP contribution in [0.3, 0.4) is 0 Å². The first-order chi connectivity index (χ1) is 12.5. The van der Waals surface area contributed by atoms with Gasteiger partial charge in [-0.3, -0.25) is 4.79 Å². The molecule has 2 aromatic rings. The normalized spacial score (nSPS) is 22.8. The fraction of sp³-hybridized carbons (Fsp3) is 0.350. The number of aryl methyl sites for hydroxylation is 1. The zero-order valence-corrected chi connectivity index (χ0v) is 15.4. The van der Waals surface area contributed by atoms with E-state index in [0.29, 0.717) is 17.7 Å². The molecular weight excluding hydrogens is 350 g/mol. The van der Waals surface area contributed by atoms with Gasteiger partial charge in [0.25, 0.3) is 15.9 Å². The van der Waals surface area contributed by atoms with Gasteiger partial charge in [-0.2, -0.15) is 0 Å².